The van der Waals surface area contributed by atoms with Crippen LogP contribution in [0.2, 0.25) is 0 Å². The summed E-state index contributed by atoms with van der Waals surface area (Å²) in [6, 6.07) is 0. The number of fused-ring (bicyclic) bond motifs is 1. The maximum absolute atomic E-state index is 10.9. The highest BCUT2D eigenvalue weighted by Crippen LogP contribution is 2.50. The second-order valence-corrected chi connectivity index (χ2v) is 6.40. The summed E-state index contributed by atoms with van der Waals surface area (Å²) in [5.74, 6) is 2.28. The molecule has 2 rings (SSSR count). The van der Waals surface area contributed by atoms with Gasteiger partial charge in [0.25, 0.3) is 0 Å². The smallest absolute Gasteiger partial charge is 0.0735 e. The third-order valence-corrected chi connectivity index (χ3v) is 5.11. The normalized spacial score (nSPS) is 44.1. The molecule has 92 valence electrons. The second-order valence-electron chi connectivity index (χ2n) is 6.40. The second kappa shape index (κ2) is 4.18. The molecule has 16 heavy (non-hydrogen) atoms. The van der Waals surface area contributed by atoms with Gasteiger partial charge in [-0.25, -0.2) is 0 Å². The zero-order valence-electron chi connectivity index (χ0n) is 11.2. The van der Waals surface area contributed by atoms with Crippen LogP contribution in [0.3, 0.4) is 0 Å². The van der Waals surface area contributed by atoms with E-state index in [4.69, 9.17) is 0 Å². The van der Waals surface area contributed by atoms with Crippen LogP contribution >= 0.6 is 0 Å². The van der Waals surface area contributed by atoms with E-state index in [1.807, 2.05) is 0 Å². The maximum atomic E-state index is 10.9. The lowest BCUT2D eigenvalue weighted by atomic mass is 9.58. The van der Waals surface area contributed by atoms with E-state index in [1.165, 1.54) is 24.8 Å². The van der Waals surface area contributed by atoms with Crippen molar-refractivity contribution in [2.75, 3.05) is 0 Å². The molecular weight excluding hydrogens is 196 g/mol. The first kappa shape index (κ1) is 12.2. The van der Waals surface area contributed by atoms with Gasteiger partial charge in [0.15, 0.2) is 0 Å². The molecule has 1 fully saturated rings. The SMILES string of the molecule is CC1=CC2C(CC1)[C@@H](C)CC[C@]2(O)C(C)C. The summed E-state index contributed by atoms with van der Waals surface area (Å²) in [6.07, 6.45) is 7.08. The van der Waals surface area contributed by atoms with E-state index in [9.17, 15) is 5.11 Å². The van der Waals surface area contributed by atoms with Gasteiger partial charge in [-0.2, -0.15) is 0 Å². The van der Waals surface area contributed by atoms with Crippen molar-refractivity contribution in [2.24, 2.45) is 23.7 Å². The van der Waals surface area contributed by atoms with Crippen LogP contribution in [0.15, 0.2) is 11.6 Å². The minimum atomic E-state index is -0.446. The predicted octanol–water partition coefficient (Wildman–Crippen LogP) is 3.78. The van der Waals surface area contributed by atoms with E-state index in [0.29, 0.717) is 17.8 Å². The van der Waals surface area contributed by atoms with Crippen LogP contribution in [-0.2, 0) is 0 Å². The molecule has 0 aliphatic heterocycles. The Kier molecular flexibility index (Phi) is 3.18. The molecule has 1 heteroatoms. The average molecular weight is 222 g/mol. The van der Waals surface area contributed by atoms with Crippen molar-refractivity contribution >= 4 is 0 Å². The van der Waals surface area contributed by atoms with E-state index in [-0.39, 0.29) is 0 Å². The Hall–Kier alpha value is -0.300. The first-order valence-corrected chi connectivity index (χ1v) is 6.85. The number of hydrogen-bond donors (Lipinski definition) is 1. The Morgan fingerprint density at radius 1 is 1.38 bits per heavy atom. The van der Waals surface area contributed by atoms with Crippen molar-refractivity contribution in [3.05, 3.63) is 11.6 Å². The van der Waals surface area contributed by atoms with E-state index in [0.717, 1.165) is 12.3 Å². The van der Waals surface area contributed by atoms with E-state index in [1.54, 1.807) is 0 Å². The van der Waals surface area contributed by atoms with Crippen molar-refractivity contribution in [3.63, 3.8) is 0 Å². The van der Waals surface area contributed by atoms with Gasteiger partial charge in [-0.15, -0.1) is 0 Å². The van der Waals surface area contributed by atoms with Crippen LogP contribution in [0.5, 0.6) is 0 Å². The van der Waals surface area contributed by atoms with Crippen LogP contribution in [0.1, 0.15) is 53.4 Å². The number of allylic oxidation sites excluding steroid dienone is 1. The summed E-state index contributed by atoms with van der Waals surface area (Å²) >= 11 is 0. The molecule has 0 saturated heterocycles. The van der Waals surface area contributed by atoms with Gasteiger partial charge in [0, 0.05) is 5.92 Å². The molecule has 1 N–H and O–H groups in total. The van der Waals surface area contributed by atoms with Gasteiger partial charge < -0.3 is 5.11 Å². The van der Waals surface area contributed by atoms with Gasteiger partial charge in [0.1, 0.15) is 0 Å². The minimum Gasteiger partial charge on any atom is -0.389 e. The molecule has 2 aliphatic rings. The molecule has 2 aliphatic carbocycles. The number of rotatable bonds is 1. The number of aliphatic hydroxyl groups is 1. The summed E-state index contributed by atoms with van der Waals surface area (Å²) in [7, 11) is 0. The Bertz CT molecular complexity index is 292. The first-order chi connectivity index (χ1) is 7.45. The van der Waals surface area contributed by atoms with Crippen molar-refractivity contribution in [1.82, 2.24) is 0 Å². The highest BCUT2D eigenvalue weighted by molar-refractivity contribution is 5.15. The molecule has 0 radical (unpaired) electrons. The lowest BCUT2D eigenvalue weighted by Gasteiger charge is -2.50. The monoisotopic (exact) mass is 222 g/mol. The van der Waals surface area contributed by atoms with Gasteiger partial charge in [0.2, 0.25) is 0 Å². The lowest BCUT2D eigenvalue weighted by molar-refractivity contribution is -0.107. The molecule has 0 heterocycles. The Morgan fingerprint density at radius 3 is 2.69 bits per heavy atom. The van der Waals surface area contributed by atoms with Gasteiger partial charge in [-0.1, -0.05) is 32.4 Å². The zero-order valence-corrected chi connectivity index (χ0v) is 11.2. The van der Waals surface area contributed by atoms with Crippen molar-refractivity contribution in [3.8, 4) is 0 Å². The minimum absolute atomic E-state index is 0.370. The summed E-state index contributed by atoms with van der Waals surface area (Å²) < 4.78 is 0. The first-order valence-electron chi connectivity index (χ1n) is 6.85. The molecule has 0 aromatic heterocycles. The van der Waals surface area contributed by atoms with Gasteiger partial charge in [-0.3, -0.25) is 0 Å². The van der Waals surface area contributed by atoms with Crippen LogP contribution in [0.25, 0.3) is 0 Å². The van der Waals surface area contributed by atoms with E-state index < -0.39 is 5.60 Å². The topological polar surface area (TPSA) is 20.2 Å². The zero-order chi connectivity index (χ0) is 11.9. The molecule has 4 atom stereocenters. The molecule has 0 aromatic rings. The molecule has 2 unspecified atom stereocenters. The Morgan fingerprint density at radius 2 is 2.06 bits per heavy atom. The molecule has 1 saturated carbocycles. The summed E-state index contributed by atoms with van der Waals surface area (Å²) in [5, 5.41) is 10.9. The summed E-state index contributed by atoms with van der Waals surface area (Å²) in [4.78, 5) is 0. The molecule has 0 amide bonds. The van der Waals surface area contributed by atoms with Crippen LogP contribution < -0.4 is 0 Å². The summed E-state index contributed by atoms with van der Waals surface area (Å²) in [6.45, 7) is 8.93. The fraction of sp³-hybridized carbons (Fsp3) is 0.867. The largest absolute Gasteiger partial charge is 0.389 e. The quantitative estimate of drug-likeness (QED) is 0.669. The molecule has 0 spiro atoms. The highest BCUT2D eigenvalue weighted by atomic mass is 16.3. The van der Waals surface area contributed by atoms with Gasteiger partial charge >= 0.3 is 0 Å². The van der Waals surface area contributed by atoms with Crippen molar-refractivity contribution in [1.29, 1.82) is 0 Å². The predicted molar refractivity (Wildman–Crippen MR) is 68.2 cm³/mol. The van der Waals surface area contributed by atoms with Crippen LogP contribution in [0, 0.1) is 23.7 Å². The molecule has 0 aromatic carbocycles. The summed E-state index contributed by atoms with van der Waals surface area (Å²) in [5.41, 5.74) is 1.04. The standard InChI is InChI=1S/C15H26O/c1-10(2)15(16)8-7-12(4)13-6-5-11(3)9-14(13)15/h9-10,12-14,16H,5-8H2,1-4H3/t12-,13?,14?,15-/m0/s1. The molecule has 1 nitrogen and oxygen atoms in total. The van der Waals surface area contributed by atoms with Crippen molar-refractivity contribution in [2.45, 2.75) is 59.0 Å². The lowest BCUT2D eigenvalue weighted by Crippen LogP contribution is -2.51. The van der Waals surface area contributed by atoms with Crippen LogP contribution in [-0.4, -0.2) is 10.7 Å². The van der Waals surface area contributed by atoms with Crippen molar-refractivity contribution < 1.29 is 5.11 Å². The fourth-order valence-electron chi connectivity index (χ4n) is 3.75. The van der Waals surface area contributed by atoms with Crippen LogP contribution in [0.4, 0.5) is 0 Å². The Balaban J connectivity index is 2.32. The van der Waals surface area contributed by atoms with E-state index >= 15 is 0 Å². The Labute approximate surface area is 99.9 Å². The maximum Gasteiger partial charge on any atom is 0.0735 e. The molecular formula is C15H26O. The van der Waals surface area contributed by atoms with Gasteiger partial charge in [-0.05, 0) is 50.4 Å². The third-order valence-electron chi connectivity index (χ3n) is 5.11. The highest BCUT2D eigenvalue weighted by Gasteiger charge is 2.48. The number of hydrogen-bond acceptors (Lipinski definition) is 1. The van der Waals surface area contributed by atoms with Gasteiger partial charge in [0.05, 0.1) is 5.60 Å². The molecule has 0 bridgehead atoms. The van der Waals surface area contributed by atoms with E-state index in [2.05, 4.69) is 33.8 Å². The third kappa shape index (κ3) is 1.84. The average Bonchev–Trinajstić information content (AvgIpc) is 2.23. The fourth-order valence-corrected chi connectivity index (χ4v) is 3.75.